The lowest BCUT2D eigenvalue weighted by molar-refractivity contribution is 0.154. The maximum absolute atomic E-state index is 13.5. The highest BCUT2D eigenvalue weighted by molar-refractivity contribution is 6.58. The average Bonchev–Trinajstić information content (AvgIpc) is 2.30. The number of ether oxygens (including phenoxy) is 1. The third kappa shape index (κ3) is 3.20. The van der Waals surface area contributed by atoms with Gasteiger partial charge < -0.3 is 14.8 Å². The summed E-state index contributed by atoms with van der Waals surface area (Å²) in [5.74, 6) is -0.188. The Morgan fingerprint density at radius 1 is 1.18 bits per heavy atom. The molecule has 1 aliphatic rings. The minimum atomic E-state index is -1.78. The van der Waals surface area contributed by atoms with Gasteiger partial charge in [-0.25, -0.2) is 4.39 Å². The molecule has 1 aromatic carbocycles. The first-order chi connectivity index (χ1) is 8.16. The minimum absolute atomic E-state index is 0.124. The van der Waals surface area contributed by atoms with Gasteiger partial charge in [0.05, 0.1) is 6.10 Å². The van der Waals surface area contributed by atoms with Crippen LogP contribution >= 0.6 is 0 Å². The summed E-state index contributed by atoms with van der Waals surface area (Å²) >= 11 is 0. The second kappa shape index (κ2) is 5.51. The van der Waals surface area contributed by atoms with Gasteiger partial charge in [-0.1, -0.05) is 12.5 Å². The fourth-order valence-corrected chi connectivity index (χ4v) is 2.17. The molecule has 1 aliphatic carbocycles. The Bertz CT molecular complexity index is 378. The molecule has 0 bridgehead atoms. The fourth-order valence-electron chi connectivity index (χ4n) is 2.17. The number of hydrogen-bond acceptors (Lipinski definition) is 3. The molecular weight excluding hydrogens is 222 g/mol. The van der Waals surface area contributed by atoms with Crippen molar-refractivity contribution in [3.63, 3.8) is 0 Å². The van der Waals surface area contributed by atoms with Gasteiger partial charge in [-0.15, -0.1) is 0 Å². The van der Waals surface area contributed by atoms with E-state index in [2.05, 4.69) is 0 Å². The lowest BCUT2D eigenvalue weighted by Gasteiger charge is -2.23. The van der Waals surface area contributed by atoms with Crippen molar-refractivity contribution in [2.45, 2.75) is 38.2 Å². The van der Waals surface area contributed by atoms with Crippen LogP contribution in [0.5, 0.6) is 5.75 Å². The Morgan fingerprint density at radius 3 is 2.47 bits per heavy atom. The lowest BCUT2D eigenvalue weighted by atomic mass is 9.80. The highest BCUT2D eigenvalue weighted by Gasteiger charge is 2.19. The molecule has 0 saturated heterocycles. The molecule has 0 amide bonds. The Morgan fingerprint density at radius 2 is 1.88 bits per heavy atom. The quantitative estimate of drug-likeness (QED) is 0.778. The van der Waals surface area contributed by atoms with E-state index in [1.807, 2.05) is 0 Å². The highest BCUT2D eigenvalue weighted by atomic mass is 19.1. The molecule has 0 unspecified atom stereocenters. The maximum Gasteiger partial charge on any atom is 0.491 e. The number of rotatable bonds is 3. The minimum Gasteiger partial charge on any atom is -0.490 e. The smallest absolute Gasteiger partial charge is 0.490 e. The molecule has 1 fully saturated rings. The van der Waals surface area contributed by atoms with Gasteiger partial charge in [0, 0.05) is 11.5 Å². The van der Waals surface area contributed by atoms with Crippen LogP contribution in [0, 0.1) is 5.82 Å². The van der Waals surface area contributed by atoms with Crippen LogP contribution in [0.4, 0.5) is 4.39 Å². The Labute approximate surface area is 100 Å². The summed E-state index contributed by atoms with van der Waals surface area (Å²) in [5, 5.41) is 17.8. The number of halogens is 1. The van der Waals surface area contributed by atoms with Gasteiger partial charge in [-0.3, -0.25) is 0 Å². The molecule has 2 rings (SSSR count). The molecule has 92 valence electrons. The molecule has 3 nitrogen and oxygen atoms in total. The normalized spacial score (nSPS) is 16.9. The molecule has 0 radical (unpaired) electrons. The lowest BCUT2D eigenvalue weighted by Crippen LogP contribution is -2.32. The Balaban J connectivity index is 2.04. The molecule has 0 spiro atoms. The van der Waals surface area contributed by atoms with E-state index in [4.69, 9.17) is 14.8 Å². The predicted molar refractivity (Wildman–Crippen MR) is 63.7 cm³/mol. The van der Waals surface area contributed by atoms with Crippen molar-refractivity contribution in [2.75, 3.05) is 0 Å². The van der Waals surface area contributed by atoms with Gasteiger partial charge in [0.15, 0.2) is 0 Å². The molecular formula is C12H16BFO3. The summed E-state index contributed by atoms with van der Waals surface area (Å²) in [5.41, 5.74) is -0.124. The van der Waals surface area contributed by atoms with Crippen molar-refractivity contribution in [3.05, 3.63) is 24.0 Å². The van der Waals surface area contributed by atoms with Gasteiger partial charge in [-0.2, -0.15) is 0 Å². The molecule has 5 heteroatoms. The second-order valence-corrected chi connectivity index (χ2v) is 4.43. The van der Waals surface area contributed by atoms with Crippen molar-refractivity contribution in [1.29, 1.82) is 0 Å². The van der Waals surface area contributed by atoms with E-state index in [0.717, 1.165) is 25.7 Å². The summed E-state index contributed by atoms with van der Waals surface area (Å²) < 4.78 is 19.1. The average molecular weight is 238 g/mol. The van der Waals surface area contributed by atoms with Gasteiger partial charge >= 0.3 is 7.12 Å². The molecule has 1 saturated carbocycles. The van der Waals surface area contributed by atoms with Crippen LogP contribution in [-0.2, 0) is 0 Å². The molecule has 17 heavy (non-hydrogen) atoms. The Hall–Kier alpha value is -1.07. The Kier molecular flexibility index (Phi) is 4.02. The van der Waals surface area contributed by atoms with Crippen LogP contribution in [0.15, 0.2) is 18.2 Å². The van der Waals surface area contributed by atoms with E-state index in [0.29, 0.717) is 5.75 Å². The predicted octanol–water partition coefficient (Wildman–Crippen LogP) is 1.22. The first-order valence-electron chi connectivity index (χ1n) is 5.99. The molecule has 1 aromatic rings. The monoisotopic (exact) mass is 238 g/mol. The van der Waals surface area contributed by atoms with Crippen LogP contribution in [0.1, 0.15) is 32.1 Å². The summed E-state index contributed by atoms with van der Waals surface area (Å²) in [4.78, 5) is 0. The van der Waals surface area contributed by atoms with Crippen molar-refractivity contribution >= 4 is 12.6 Å². The second-order valence-electron chi connectivity index (χ2n) is 4.43. The molecule has 0 heterocycles. The summed E-state index contributed by atoms with van der Waals surface area (Å²) in [6.45, 7) is 0. The summed E-state index contributed by atoms with van der Waals surface area (Å²) in [7, 11) is -1.78. The number of benzene rings is 1. The van der Waals surface area contributed by atoms with E-state index in [1.54, 1.807) is 6.07 Å². The molecule has 0 atom stereocenters. The summed E-state index contributed by atoms with van der Waals surface area (Å²) in [6, 6.07) is 4.13. The topological polar surface area (TPSA) is 49.7 Å². The van der Waals surface area contributed by atoms with Crippen LogP contribution in [-0.4, -0.2) is 23.3 Å². The van der Waals surface area contributed by atoms with E-state index in [9.17, 15) is 4.39 Å². The van der Waals surface area contributed by atoms with Crippen LogP contribution in [0.2, 0.25) is 0 Å². The molecule has 0 aromatic heterocycles. The maximum atomic E-state index is 13.5. The zero-order chi connectivity index (χ0) is 12.3. The third-order valence-corrected chi connectivity index (χ3v) is 3.11. The first-order valence-corrected chi connectivity index (χ1v) is 5.99. The van der Waals surface area contributed by atoms with Crippen molar-refractivity contribution in [3.8, 4) is 5.75 Å². The fraction of sp³-hybridized carbons (Fsp3) is 0.500. The highest BCUT2D eigenvalue weighted by Crippen LogP contribution is 2.23. The molecule has 2 N–H and O–H groups in total. The number of hydrogen-bond donors (Lipinski definition) is 2. The van der Waals surface area contributed by atoms with E-state index in [1.165, 1.54) is 18.6 Å². The first kappa shape index (κ1) is 12.4. The van der Waals surface area contributed by atoms with Crippen LogP contribution in [0.25, 0.3) is 0 Å². The van der Waals surface area contributed by atoms with Crippen LogP contribution < -0.4 is 10.2 Å². The van der Waals surface area contributed by atoms with E-state index in [-0.39, 0.29) is 11.6 Å². The van der Waals surface area contributed by atoms with Gasteiger partial charge in [0.1, 0.15) is 11.6 Å². The largest absolute Gasteiger partial charge is 0.491 e. The van der Waals surface area contributed by atoms with Crippen LogP contribution in [0.3, 0.4) is 0 Å². The summed E-state index contributed by atoms with van der Waals surface area (Å²) in [6.07, 6.45) is 5.72. The van der Waals surface area contributed by atoms with E-state index >= 15 is 0 Å². The van der Waals surface area contributed by atoms with Gasteiger partial charge in [0.25, 0.3) is 0 Å². The van der Waals surface area contributed by atoms with Gasteiger partial charge in [-0.05, 0) is 31.7 Å². The standard InChI is InChI=1S/C12H16BFO3/c14-12-8-10(6-7-11(12)13(15)16)17-9-4-2-1-3-5-9/h6-9,15-16H,1-5H2. The molecule has 0 aliphatic heterocycles. The van der Waals surface area contributed by atoms with Crippen molar-refractivity contribution in [1.82, 2.24) is 0 Å². The van der Waals surface area contributed by atoms with Gasteiger partial charge in [0.2, 0.25) is 0 Å². The van der Waals surface area contributed by atoms with E-state index < -0.39 is 12.9 Å². The SMILES string of the molecule is OB(O)c1ccc(OC2CCCCC2)cc1F. The van der Waals surface area contributed by atoms with Crippen molar-refractivity contribution < 1.29 is 19.2 Å². The van der Waals surface area contributed by atoms with Crippen molar-refractivity contribution in [2.24, 2.45) is 0 Å². The third-order valence-electron chi connectivity index (χ3n) is 3.11. The zero-order valence-electron chi connectivity index (χ0n) is 9.60. The zero-order valence-corrected chi connectivity index (χ0v) is 9.60.